The summed E-state index contributed by atoms with van der Waals surface area (Å²) in [5.41, 5.74) is 3.07. The summed E-state index contributed by atoms with van der Waals surface area (Å²) in [7, 11) is 3.64. The molecule has 0 aliphatic rings. The molecule has 0 amide bonds. The first-order chi connectivity index (χ1) is 7.50. The Morgan fingerprint density at radius 3 is 2.31 bits per heavy atom. The standard InChI is InChI=1S/C12H16N2OS/c1-9-5-7-11(8-6-9)10(2)13-15-12(16)14(3)4/h5-8H,1-4H3/b13-10+. The van der Waals surface area contributed by atoms with Crippen LogP contribution in [0.3, 0.4) is 0 Å². The van der Waals surface area contributed by atoms with Crippen LogP contribution in [-0.4, -0.2) is 29.9 Å². The Morgan fingerprint density at radius 1 is 1.25 bits per heavy atom. The zero-order valence-electron chi connectivity index (χ0n) is 10.0. The largest absolute Gasteiger partial charge is 0.337 e. The molecule has 0 saturated carbocycles. The molecule has 0 aliphatic carbocycles. The van der Waals surface area contributed by atoms with Crippen molar-refractivity contribution < 1.29 is 4.84 Å². The molecule has 86 valence electrons. The van der Waals surface area contributed by atoms with E-state index >= 15 is 0 Å². The Balaban J connectivity index is 2.70. The normalized spacial score (nSPS) is 11.1. The molecule has 0 heterocycles. The summed E-state index contributed by atoms with van der Waals surface area (Å²) in [5.74, 6) is 0. The van der Waals surface area contributed by atoms with Gasteiger partial charge in [-0.3, -0.25) is 0 Å². The van der Waals surface area contributed by atoms with E-state index < -0.39 is 0 Å². The van der Waals surface area contributed by atoms with Crippen molar-refractivity contribution in [2.75, 3.05) is 14.1 Å². The summed E-state index contributed by atoms with van der Waals surface area (Å²) < 4.78 is 0. The molecular formula is C12H16N2OS. The minimum atomic E-state index is 0.353. The Kier molecular flexibility index (Phi) is 4.43. The number of hydrogen-bond acceptors (Lipinski definition) is 3. The maximum atomic E-state index is 5.10. The van der Waals surface area contributed by atoms with Gasteiger partial charge in [0, 0.05) is 14.1 Å². The topological polar surface area (TPSA) is 24.8 Å². The van der Waals surface area contributed by atoms with Gasteiger partial charge in [-0.2, -0.15) is 0 Å². The molecule has 1 rings (SSSR count). The molecule has 0 spiro atoms. The lowest BCUT2D eigenvalue weighted by Gasteiger charge is -2.10. The number of thiocarbonyl (C=S) groups is 1. The Labute approximate surface area is 102 Å². The molecule has 0 bridgehead atoms. The minimum absolute atomic E-state index is 0.353. The van der Waals surface area contributed by atoms with Gasteiger partial charge in [0.05, 0.1) is 5.71 Å². The lowest BCUT2D eigenvalue weighted by molar-refractivity contribution is 0.286. The van der Waals surface area contributed by atoms with Crippen molar-refractivity contribution in [2.45, 2.75) is 13.8 Å². The number of aryl methyl sites for hydroxylation is 1. The maximum Gasteiger partial charge on any atom is 0.291 e. The van der Waals surface area contributed by atoms with Gasteiger partial charge in [-0.25, -0.2) is 0 Å². The fourth-order valence-electron chi connectivity index (χ4n) is 1.04. The van der Waals surface area contributed by atoms with Crippen molar-refractivity contribution in [3.8, 4) is 0 Å². The highest BCUT2D eigenvalue weighted by atomic mass is 32.1. The first-order valence-corrected chi connectivity index (χ1v) is 5.41. The second-order valence-electron chi connectivity index (χ2n) is 3.79. The second-order valence-corrected chi connectivity index (χ2v) is 4.14. The molecule has 0 aromatic heterocycles. The molecule has 0 N–H and O–H groups in total. The fourth-order valence-corrected chi connectivity index (χ4v) is 1.07. The maximum absolute atomic E-state index is 5.10. The SMILES string of the molecule is C/C(=N\OC(=S)N(C)C)c1ccc(C)cc1. The molecule has 0 fully saturated rings. The zero-order valence-corrected chi connectivity index (χ0v) is 10.8. The molecule has 4 heteroatoms. The average molecular weight is 236 g/mol. The molecule has 0 saturated heterocycles. The fraction of sp³-hybridized carbons (Fsp3) is 0.333. The van der Waals surface area contributed by atoms with E-state index in [-0.39, 0.29) is 0 Å². The van der Waals surface area contributed by atoms with Gasteiger partial charge in [0.1, 0.15) is 0 Å². The molecule has 1 aromatic carbocycles. The van der Waals surface area contributed by atoms with Crippen molar-refractivity contribution in [3.63, 3.8) is 0 Å². The number of oxime groups is 1. The van der Waals surface area contributed by atoms with E-state index in [2.05, 4.69) is 5.16 Å². The Morgan fingerprint density at radius 2 is 1.81 bits per heavy atom. The summed E-state index contributed by atoms with van der Waals surface area (Å²) >= 11 is 4.96. The number of hydrogen-bond donors (Lipinski definition) is 0. The Hall–Kier alpha value is -1.42. The van der Waals surface area contributed by atoms with Crippen LogP contribution in [0.25, 0.3) is 0 Å². The number of benzene rings is 1. The van der Waals surface area contributed by atoms with Gasteiger partial charge in [0.25, 0.3) is 5.17 Å². The first-order valence-electron chi connectivity index (χ1n) is 5.00. The van der Waals surface area contributed by atoms with Crippen molar-refractivity contribution in [1.29, 1.82) is 0 Å². The van der Waals surface area contributed by atoms with E-state index in [0.717, 1.165) is 11.3 Å². The van der Waals surface area contributed by atoms with Crippen LogP contribution in [0.15, 0.2) is 29.4 Å². The highest BCUT2D eigenvalue weighted by molar-refractivity contribution is 7.79. The third-order valence-electron chi connectivity index (χ3n) is 2.10. The van der Waals surface area contributed by atoms with E-state index in [1.165, 1.54) is 5.56 Å². The Bertz CT molecular complexity index is 396. The van der Waals surface area contributed by atoms with Crippen molar-refractivity contribution in [1.82, 2.24) is 4.90 Å². The van der Waals surface area contributed by atoms with Crippen LogP contribution in [0.1, 0.15) is 18.1 Å². The lowest BCUT2D eigenvalue weighted by Crippen LogP contribution is -2.21. The summed E-state index contributed by atoms with van der Waals surface area (Å²) in [5, 5.41) is 4.33. The van der Waals surface area contributed by atoms with Crippen LogP contribution in [0.5, 0.6) is 0 Å². The molecule has 0 aliphatic heterocycles. The van der Waals surface area contributed by atoms with Gasteiger partial charge < -0.3 is 9.74 Å². The van der Waals surface area contributed by atoms with Gasteiger partial charge >= 0.3 is 0 Å². The average Bonchev–Trinajstić information content (AvgIpc) is 2.26. The van der Waals surface area contributed by atoms with Gasteiger partial charge in [-0.05, 0) is 31.6 Å². The molecule has 1 aromatic rings. The molecule has 0 unspecified atom stereocenters. The number of nitrogens with zero attached hydrogens (tertiary/aromatic N) is 2. The molecule has 0 radical (unpaired) electrons. The number of rotatable bonds is 2. The van der Waals surface area contributed by atoms with E-state index in [0.29, 0.717) is 5.17 Å². The predicted octanol–water partition coefficient (Wildman–Crippen LogP) is 2.58. The van der Waals surface area contributed by atoms with Crippen LogP contribution in [0, 0.1) is 6.92 Å². The van der Waals surface area contributed by atoms with Gasteiger partial charge in [-0.1, -0.05) is 35.0 Å². The summed E-state index contributed by atoms with van der Waals surface area (Å²) in [6, 6.07) is 8.10. The third kappa shape index (κ3) is 3.62. The first kappa shape index (κ1) is 12.6. The molecule has 16 heavy (non-hydrogen) atoms. The summed E-state index contributed by atoms with van der Waals surface area (Å²) in [4.78, 5) is 6.79. The quantitative estimate of drug-likeness (QED) is 0.448. The monoisotopic (exact) mass is 236 g/mol. The summed E-state index contributed by atoms with van der Waals surface area (Å²) in [6.45, 7) is 3.94. The third-order valence-corrected chi connectivity index (χ3v) is 2.53. The van der Waals surface area contributed by atoms with Crippen LogP contribution in [0.2, 0.25) is 0 Å². The molecular weight excluding hydrogens is 220 g/mol. The van der Waals surface area contributed by atoms with Crippen molar-refractivity contribution >= 4 is 23.1 Å². The molecule has 0 atom stereocenters. The van der Waals surface area contributed by atoms with Crippen LogP contribution >= 0.6 is 12.2 Å². The van der Waals surface area contributed by atoms with Crippen LogP contribution < -0.4 is 0 Å². The van der Waals surface area contributed by atoms with E-state index in [1.54, 1.807) is 4.90 Å². The summed E-state index contributed by atoms with van der Waals surface area (Å²) in [6.07, 6.45) is 0. The minimum Gasteiger partial charge on any atom is -0.337 e. The van der Waals surface area contributed by atoms with Crippen molar-refractivity contribution in [3.05, 3.63) is 35.4 Å². The van der Waals surface area contributed by atoms with Gasteiger partial charge in [-0.15, -0.1) is 0 Å². The van der Waals surface area contributed by atoms with Gasteiger partial charge in [0.15, 0.2) is 0 Å². The predicted molar refractivity (Wildman–Crippen MR) is 70.8 cm³/mol. The van der Waals surface area contributed by atoms with E-state index in [4.69, 9.17) is 17.1 Å². The molecule has 3 nitrogen and oxygen atoms in total. The zero-order chi connectivity index (χ0) is 12.1. The van der Waals surface area contributed by atoms with Gasteiger partial charge in [0.2, 0.25) is 0 Å². The smallest absolute Gasteiger partial charge is 0.291 e. The lowest BCUT2D eigenvalue weighted by atomic mass is 10.1. The second kappa shape index (κ2) is 5.61. The van der Waals surface area contributed by atoms with Crippen molar-refractivity contribution in [2.24, 2.45) is 5.16 Å². The highest BCUT2D eigenvalue weighted by Gasteiger charge is 2.01. The van der Waals surface area contributed by atoms with E-state index in [1.807, 2.05) is 52.2 Å². The van der Waals surface area contributed by atoms with Crippen LogP contribution in [0.4, 0.5) is 0 Å². The highest BCUT2D eigenvalue weighted by Crippen LogP contribution is 2.05. The van der Waals surface area contributed by atoms with E-state index in [9.17, 15) is 0 Å². The van der Waals surface area contributed by atoms with Crippen LogP contribution in [-0.2, 0) is 4.84 Å².